The van der Waals surface area contributed by atoms with Gasteiger partial charge in [0.15, 0.2) is 0 Å². The Bertz CT molecular complexity index is 745. The van der Waals surface area contributed by atoms with E-state index < -0.39 is 11.7 Å². The van der Waals surface area contributed by atoms with Crippen LogP contribution in [0.25, 0.3) is 0 Å². The molecule has 0 aliphatic carbocycles. The van der Waals surface area contributed by atoms with Crippen LogP contribution in [-0.2, 0) is 20.7 Å². The van der Waals surface area contributed by atoms with Gasteiger partial charge in [0, 0.05) is 39.1 Å². The maximum absolute atomic E-state index is 12.7. The average Bonchev–Trinajstić information content (AvgIpc) is 2.93. The lowest BCUT2D eigenvalue weighted by atomic mass is 10.1. The third-order valence-corrected chi connectivity index (χ3v) is 4.70. The monoisotopic (exact) mass is 419 g/mol. The van der Waals surface area contributed by atoms with E-state index in [1.807, 2.05) is 29.2 Å². The summed E-state index contributed by atoms with van der Waals surface area (Å²) in [4.78, 5) is 40.4. The van der Waals surface area contributed by atoms with Gasteiger partial charge in [-0.1, -0.05) is 12.1 Å². The van der Waals surface area contributed by atoms with Gasteiger partial charge in [0.1, 0.15) is 11.4 Å². The molecule has 8 nitrogen and oxygen atoms in total. The van der Waals surface area contributed by atoms with Crippen molar-refractivity contribution in [2.24, 2.45) is 0 Å². The largest absolute Gasteiger partial charge is 0.497 e. The smallest absolute Gasteiger partial charge is 0.407 e. The van der Waals surface area contributed by atoms with Crippen LogP contribution in [0.1, 0.15) is 39.2 Å². The summed E-state index contributed by atoms with van der Waals surface area (Å²) in [5.41, 5.74) is 0.337. The Hall–Kier alpha value is -2.77. The Morgan fingerprint density at radius 3 is 2.33 bits per heavy atom. The molecular formula is C22H33N3O5. The molecule has 1 aliphatic rings. The van der Waals surface area contributed by atoms with Crippen LogP contribution in [0.15, 0.2) is 24.3 Å². The highest BCUT2D eigenvalue weighted by Crippen LogP contribution is 2.14. The van der Waals surface area contributed by atoms with Crippen LogP contribution < -0.4 is 10.1 Å². The Kier molecular flexibility index (Phi) is 8.50. The first-order valence-electron chi connectivity index (χ1n) is 10.3. The van der Waals surface area contributed by atoms with Crippen molar-refractivity contribution in [2.45, 2.75) is 45.6 Å². The van der Waals surface area contributed by atoms with Crippen LogP contribution in [0, 0.1) is 0 Å². The van der Waals surface area contributed by atoms with Crippen LogP contribution in [0.3, 0.4) is 0 Å². The minimum Gasteiger partial charge on any atom is -0.497 e. The highest BCUT2D eigenvalue weighted by atomic mass is 16.6. The molecule has 1 aromatic rings. The van der Waals surface area contributed by atoms with E-state index in [0.29, 0.717) is 32.6 Å². The van der Waals surface area contributed by atoms with Gasteiger partial charge in [0.05, 0.1) is 13.5 Å². The third kappa shape index (κ3) is 7.93. The molecule has 1 N–H and O–H groups in total. The fourth-order valence-corrected chi connectivity index (χ4v) is 3.23. The Labute approximate surface area is 178 Å². The number of methoxy groups -OCH3 is 1. The van der Waals surface area contributed by atoms with E-state index in [2.05, 4.69) is 5.32 Å². The predicted octanol–water partition coefficient (Wildman–Crippen LogP) is 2.21. The molecule has 0 unspecified atom stereocenters. The van der Waals surface area contributed by atoms with Gasteiger partial charge in [0.2, 0.25) is 11.8 Å². The van der Waals surface area contributed by atoms with Gasteiger partial charge in [-0.05, 0) is 44.9 Å². The van der Waals surface area contributed by atoms with Crippen molar-refractivity contribution >= 4 is 17.9 Å². The fraction of sp³-hybridized carbons (Fsp3) is 0.591. The van der Waals surface area contributed by atoms with E-state index in [1.54, 1.807) is 32.8 Å². The number of carbonyl (C=O) groups excluding carboxylic acids is 3. The number of benzene rings is 1. The molecule has 1 fully saturated rings. The van der Waals surface area contributed by atoms with Crippen LogP contribution >= 0.6 is 0 Å². The van der Waals surface area contributed by atoms with E-state index in [9.17, 15) is 14.4 Å². The minimum atomic E-state index is -0.570. The molecule has 0 atom stereocenters. The lowest BCUT2D eigenvalue weighted by molar-refractivity contribution is -0.133. The number of nitrogens with one attached hydrogen (secondary N) is 1. The molecule has 8 heteroatoms. The first-order chi connectivity index (χ1) is 14.2. The number of hydrogen-bond acceptors (Lipinski definition) is 5. The molecule has 1 aromatic carbocycles. The summed E-state index contributed by atoms with van der Waals surface area (Å²) in [5, 5.41) is 2.61. The normalized spacial score (nSPS) is 14.7. The summed E-state index contributed by atoms with van der Waals surface area (Å²) < 4.78 is 10.4. The summed E-state index contributed by atoms with van der Waals surface area (Å²) in [6.07, 6.45) is 0.720. The van der Waals surface area contributed by atoms with Crippen LogP contribution in [0.5, 0.6) is 5.75 Å². The Morgan fingerprint density at radius 1 is 1.03 bits per heavy atom. The Balaban J connectivity index is 1.77. The van der Waals surface area contributed by atoms with E-state index >= 15 is 0 Å². The van der Waals surface area contributed by atoms with Crippen LogP contribution in [0.2, 0.25) is 0 Å². The van der Waals surface area contributed by atoms with Crippen molar-refractivity contribution in [3.8, 4) is 5.75 Å². The molecule has 3 amide bonds. The molecule has 166 valence electrons. The zero-order chi connectivity index (χ0) is 22.1. The third-order valence-electron chi connectivity index (χ3n) is 4.70. The maximum atomic E-state index is 12.7. The van der Waals surface area contributed by atoms with E-state index in [0.717, 1.165) is 17.7 Å². The van der Waals surface area contributed by atoms with Gasteiger partial charge in [-0.3, -0.25) is 9.59 Å². The van der Waals surface area contributed by atoms with E-state index in [4.69, 9.17) is 9.47 Å². The zero-order valence-electron chi connectivity index (χ0n) is 18.4. The van der Waals surface area contributed by atoms with Crippen LogP contribution in [-0.4, -0.2) is 73.1 Å². The lowest BCUT2D eigenvalue weighted by Crippen LogP contribution is -2.39. The van der Waals surface area contributed by atoms with Crippen molar-refractivity contribution < 1.29 is 23.9 Å². The predicted molar refractivity (Wildman–Crippen MR) is 113 cm³/mol. The van der Waals surface area contributed by atoms with E-state index in [1.165, 1.54) is 0 Å². The average molecular weight is 420 g/mol. The number of rotatable bonds is 6. The quantitative estimate of drug-likeness (QED) is 0.764. The second-order valence-corrected chi connectivity index (χ2v) is 8.32. The molecule has 30 heavy (non-hydrogen) atoms. The standard InChI is InChI=1S/C22H33N3O5/c1-22(2,3)30-21(28)23-10-9-19(26)24-11-6-12-25(14-13-24)20(27)16-17-7-5-8-18(15-17)29-4/h5,7-8,15H,6,9-14,16H2,1-4H3,(H,23,28). The van der Waals surface area contributed by atoms with Gasteiger partial charge in [0.25, 0.3) is 0 Å². The molecule has 0 spiro atoms. The minimum absolute atomic E-state index is 0.0341. The molecule has 0 saturated carbocycles. The molecule has 0 radical (unpaired) electrons. The van der Waals surface area contributed by atoms with Crippen molar-refractivity contribution in [3.63, 3.8) is 0 Å². The summed E-state index contributed by atoms with van der Waals surface area (Å²) in [5.74, 6) is 0.741. The van der Waals surface area contributed by atoms with Crippen molar-refractivity contribution in [1.82, 2.24) is 15.1 Å². The van der Waals surface area contributed by atoms with Gasteiger partial charge < -0.3 is 24.6 Å². The summed E-state index contributed by atoms with van der Waals surface area (Å²) >= 11 is 0. The zero-order valence-corrected chi connectivity index (χ0v) is 18.4. The molecule has 0 aromatic heterocycles. The number of nitrogens with zero attached hydrogens (tertiary/aromatic N) is 2. The topological polar surface area (TPSA) is 88.2 Å². The molecule has 1 saturated heterocycles. The molecule has 2 rings (SSSR count). The highest BCUT2D eigenvalue weighted by Gasteiger charge is 2.22. The summed E-state index contributed by atoms with van der Waals surface area (Å²) in [6.45, 7) is 7.83. The van der Waals surface area contributed by atoms with Crippen molar-refractivity contribution in [1.29, 1.82) is 0 Å². The van der Waals surface area contributed by atoms with E-state index in [-0.39, 0.29) is 24.8 Å². The summed E-state index contributed by atoms with van der Waals surface area (Å²) in [6, 6.07) is 7.49. The molecule has 1 aliphatic heterocycles. The first kappa shape index (κ1) is 23.5. The van der Waals surface area contributed by atoms with Crippen LogP contribution in [0.4, 0.5) is 4.79 Å². The number of carbonyl (C=O) groups is 3. The Morgan fingerprint density at radius 2 is 1.70 bits per heavy atom. The van der Waals surface area contributed by atoms with Gasteiger partial charge in [-0.15, -0.1) is 0 Å². The van der Waals surface area contributed by atoms with Gasteiger partial charge in [-0.25, -0.2) is 4.79 Å². The number of alkyl carbamates (subject to hydrolysis) is 1. The number of ether oxygens (including phenoxy) is 2. The SMILES string of the molecule is COc1cccc(CC(=O)N2CCCN(C(=O)CCNC(=O)OC(C)(C)C)CC2)c1. The molecule has 0 bridgehead atoms. The van der Waals surface area contributed by atoms with Crippen molar-refractivity contribution in [3.05, 3.63) is 29.8 Å². The van der Waals surface area contributed by atoms with Gasteiger partial charge in [-0.2, -0.15) is 0 Å². The number of amides is 3. The number of hydrogen-bond donors (Lipinski definition) is 1. The van der Waals surface area contributed by atoms with Gasteiger partial charge >= 0.3 is 6.09 Å². The highest BCUT2D eigenvalue weighted by molar-refractivity contribution is 5.80. The first-order valence-corrected chi connectivity index (χ1v) is 10.3. The molecular weight excluding hydrogens is 386 g/mol. The lowest BCUT2D eigenvalue weighted by Gasteiger charge is -2.23. The fourth-order valence-electron chi connectivity index (χ4n) is 3.23. The summed E-state index contributed by atoms with van der Waals surface area (Å²) in [7, 11) is 1.60. The second-order valence-electron chi connectivity index (χ2n) is 8.32. The second kappa shape index (κ2) is 10.8. The maximum Gasteiger partial charge on any atom is 0.407 e. The molecule has 1 heterocycles. The van der Waals surface area contributed by atoms with Crippen molar-refractivity contribution in [2.75, 3.05) is 39.8 Å².